The summed E-state index contributed by atoms with van der Waals surface area (Å²) in [4.78, 5) is 7.32. The standard InChI is InChI=1S/C12H14Cl2FNO4S/c1-21(19,20)12(18,8-5-3-2-4-6-8)9(7-15)16-11(17)10(13)14/h2-6,9-10,18H,7H2,1H3,(H,16,17). The highest BCUT2D eigenvalue weighted by Crippen LogP contribution is 2.31. The minimum Gasteiger partial charge on any atom is -0.369 e. The molecule has 21 heavy (non-hydrogen) atoms. The molecule has 0 aliphatic carbocycles. The molecular weight excluding hydrogens is 344 g/mol. The van der Waals surface area contributed by atoms with Crippen molar-refractivity contribution in [3.63, 3.8) is 0 Å². The molecule has 2 atom stereocenters. The van der Waals surface area contributed by atoms with E-state index in [1.807, 2.05) is 5.32 Å². The fourth-order valence-corrected chi connectivity index (χ4v) is 3.16. The van der Waals surface area contributed by atoms with Crippen molar-refractivity contribution in [3.05, 3.63) is 35.9 Å². The van der Waals surface area contributed by atoms with Crippen LogP contribution in [0.5, 0.6) is 0 Å². The minimum atomic E-state index is -4.19. The number of halogens is 3. The molecule has 0 saturated carbocycles. The van der Waals surface area contributed by atoms with Crippen molar-refractivity contribution >= 4 is 38.9 Å². The molecule has 1 rings (SSSR count). The van der Waals surface area contributed by atoms with E-state index in [2.05, 4.69) is 0 Å². The van der Waals surface area contributed by atoms with E-state index in [4.69, 9.17) is 23.2 Å². The van der Waals surface area contributed by atoms with Crippen LogP contribution in [-0.2, 0) is 19.6 Å². The molecule has 1 aromatic carbocycles. The van der Waals surface area contributed by atoms with Gasteiger partial charge in [0.1, 0.15) is 12.7 Å². The van der Waals surface area contributed by atoms with Crippen LogP contribution in [0.1, 0.15) is 5.56 Å². The lowest BCUT2D eigenvalue weighted by Crippen LogP contribution is -2.56. The van der Waals surface area contributed by atoms with Crippen LogP contribution in [0.4, 0.5) is 4.39 Å². The Bertz CT molecular complexity index is 597. The second kappa shape index (κ2) is 6.91. The summed E-state index contributed by atoms with van der Waals surface area (Å²) >= 11 is 10.7. The first-order valence-electron chi connectivity index (χ1n) is 5.76. The SMILES string of the molecule is CS(=O)(=O)C(O)(c1ccccc1)C(CF)NC(=O)C(Cl)Cl. The Morgan fingerprint density at radius 1 is 1.38 bits per heavy atom. The third-order valence-electron chi connectivity index (χ3n) is 2.89. The normalized spacial score (nSPS) is 16.3. The molecule has 5 nitrogen and oxygen atoms in total. The summed E-state index contributed by atoms with van der Waals surface area (Å²) in [7, 11) is -4.19. The first-order chi connectivity index (χ1) is 9.64. The Morgan fingerprint density at radius 3 is 2.29 bits per heavy atom. The number of benzene rings is 1. The van der Waals surface area contributed by atoms with Crippen LogP contribution in [-0.4, -0.2) is 43.2 Å². The van der Waals surface area contributed by atoms with Gasteiger partial charge in [-0.25, -0.2) is 12.8 Å². The van der Waals surface area contributed by atoms with Gasteiger partial charge in [0, 0.05) is 11.8 Å². The molecule has 0 fully saturated rings. The van der Waals surface area contributed by atoms with Crippen molar-refractivity contribution in [2.45, 2.75) is 15.8 Å². The minimum absolute atomic E-state index is 0.0730. The Balaban J connectivity index is 3.34. The number of rotatable bonds is 6. The zero-order chi connectivity index (χ0) is 16.3. The van der Waals surface area contributed by atoms with E-state index in [9.17, 15) is 22.7 Å². The number of hydrogen-bond donors (Lipinski definition) is 2. The maximum Gasteiger partial charge on any atom is 0.253 e. The van der Waals surface area contributed by atoms with Gasteiger partial charge in [0.25, 0.3) is 5.91 Å². The predicted octanol–water partition coefficient (Wildman–Crippen LogP) is 1.13. The van der Waals surface area contributed by atoms with E-state index in [-0.39, 0.29) is 5.56 Å². The van der Waals surface area contributed by atoms with Gasteiger partial charge >= 0.3 is 0 Å². The summed E-state index contributed by atoms with van der Waals surface area (Å²) in [5.74, 6) is -1.00. The third-order valence-corrected chi connectivity index (χ3v) is 4.94. The van der Waals surface area contributed by atoms with Crippen LogP contribution in [0, 0.1) is 0 Å². The largest absolute Gasteiger partial charge is 0.369 e. The van der Waals surface area contributed by atoms with Crippen molar-refractivity contribution in [2.24, 2.45) is 0 Å². The summed E-state index contributed by atoms with van der Waals surface area (Å²) in [6.45, 7) is -1.33. The first kappa shape index (κ1) is 18.2. The Labute approximate surface area is 132 Å². The van der Waals surface area contributed by atoms with Gasteiger partial charge < -0.3 is 10.4 Å². The summed E-state index contributed by atoms with van der Waals surface area (Å²) in [6.07, 6.45) is 0.744. The molecule has 1 amide bonds. The molecule has 9 heteroatoms. The summed E-state index contributed by atoms with van der Waals surface area (Å²) in [5, 5.41) is 12.6. The second-order valence-electron chi connectivity index (χ2n) is 4.35. The number of nitrogens with one attached hydrogen (secondary N) is 1. The van der Waals surface area contributed by atoms with Crippen LogP contribution in [0.25, 0.3) is 0 Å². The highest BCUT2D eigenvalue weighted by atomic mass is 35.5. The number of amides is 1. The first-order valence-corrected chi connectivity index (χ1v) is 8.53. The van der Waals surface area contributed by atoms with Crippen LogP contribution in [0.3, 0.4) is 0 Å². The molecule has 0 spiro atoms. The zero-order valence-electron chi connectivity index (χ0n) is 11.0. The van der Waals surface area contributed by atoms with Crippen LogP contribution in [0.2, 0.25) is 0 Å². The van der Waals surface area contributed by atoms with Gasteiger partial charge in [-0.3, -0.25) is 4.79 Å². The maximum atomic E-state index is 13.3. The van der Waals surface area contributed by atoms with Gasteiger partial charge in [-0.1, -0.05) is 53.5 Å². The summed E-state index contributed by atoms with van der Waals surface area (Å²) < 4.78 is 37.2. The van der Waals surface area contributed by atoms with Crippen molar-refractivity contribution in [2.75, 3.05) is 12.9 Å². The summed E-state index contributed by atoms with van der Waals surface area (Å²) in [5.41, 5.74) is -0.0730. The number of carbonyl (C=O) groups is 1. The molecule has 0 bridgehead atoms. The zero-order valence-corrected chi connectivity index (χ0v) is 13.3. The fourth-order valence-electron chi connectivity index (χ4n) is 1.83. The Kier molecular flexibility index (Phi) is 5.98. The molecule has 0 aromatic heterocycles. The van der Waals surface area contributed by atoms with Crippen molar-refractivity contribution in [1.82, 2.24) is 5.32 Å². The average molecular weight is 358 g/mol. The molecule has 2 N–H and O–H groups in total. The predicted molar refractivity (Wildman–Crippen MR) is 78.6 cm³/mol. The van der Waals surface area contributed by atoms with Gasteiger partial charge in [-0.05, 0) is 0 Å². The third kappa shape index (κ3) is 3.85. The van der Waals surface area contributed by atoms with E-state index in [1.54, 1.807) is 6.07 Å². The Morgan fingerprint density at radius 2 is 1.90 bits per heavy atom. The lowest BCUT2D eigenvalue weighted by atomic mass is 10.0. The maximum absolute atomic E-state index is 13.3. The second-order valence-corrected chi connectivity index (χ2v) is 7.61. The van der Waals surface area contributed by atoms with Crippen LogP contribution < -0.4 is 5.32 Å². The number of alkyl halides is 3. The molecule has 0 saturated heterocycles. The average Bonchev–Trinajstić information content (AvgIpc) is 2.43. The van der Waals surface area contributed by atoms with Gasteiger partial charge in [0.05, 0.1) is 0 Å². The van der Waals surface area contributed by atoms with E-state index >= 15 is 0 Å². The smallest absolute Gasteiger partial charge is 0.253 e. The molecular formula is C12H14Cl2FNO4S. The molecule has 0 heterocycles. The number of carbonyl (C=O) groups excluding carboxylic acids is 1. The van der Waals surface area contributed by atoms with Crippen molar-refractivity contribution in [3.8, 4) is 0 Å². The topological polar surface area (TPSA) is 83.5 Å². The van der Waals surface area contributed by atoms with E-state index in [0.717, 1.165) is 6.26 Å². The molecule has 0 aliphatic heterocycles. The lowest BCUT2D eigenvalue weighted by Gasteiger charge is -2.34. The van der Waals surface area contributed by atoms with Crippen molar-refractivity contribution in [1.29, 1.82) is 0 Å². The highest BCUT2D eigenvalue weighted by Gasteiger charge is 2.49. The molecule has 0 aliphatic rings. The number of sulfone groups is 1. The summed E-state index contributed by atoms with van der Waals surface area (Å²) in [6, 6.07) is 5.44. The van der Waals surface area contributed by atoms with Crippen LogP contribution >= 0.6 is 23.2 Å². The monoisotopic (exact) mass is 357 g/mol. The lowest BCUT2D eigenvalue weighted by molar-refractivity contribution is -0.121. The van der Waals surface area contributed by atoms with Gasteiger partial charge in [-0.2, -0.15) is 0 Å². The fraction of sp³-hybridized carbons (Fsp3) is 0.417. The van der Waals surface area contributed by atoms with E-state index in [1.165, 1.54) is 24.3 Å². The molecule has 0 radical (unpaired) electrons. The molecule has 118 valence electrons. The number of aliphatic hydroxyl groups is 1. The Hall–Kier alpha value is -0.890. The molecule has 2 unspecified atom stereocenters. The van der Waals surface area contributed by atoms with Gasteiger partial charge in [-0.15, -0.1) is 0 Å². The molecule has 1 aromatic rings. The van der Waals surface area contributed by atoms with Crippen molar-refractivity contribution < 1.29 is 22.7 Å². The quantitative estimate of drug-likeness (QED) is 0.747. The van der Waals surface area contributed by atoms with Crippen LogP contribution in [0.15, 0.2) is 30.3 Å². The van der Waals surface area contributed by atoms with Gasteiger partial charge in [0.2, 0.25) is 4.93 Å². The van der Waals surface area contributed by atoms with Gasteiger partial charge in [0.15, 0.2) is 14.7 Å². The van der Waals surface area contributed by atoms with E-state index < -0.39 is 38.2 Å². The number of hydrogen-bond acceptors (Lipinski definition) is 4. The van der Waals surface area contributed by atoms with E-state index in [0.29, 0.717) is 0 Å². The highest BCUT2D eigenvalue weighted by molar-refractivity contribution is 7.91.